The summed E-state index contributed by atoms with van der Waals surface area (Å²) in [5.41, 5.74) is 6.00. The number of carbonyl (C=O) groups is 1. The van der Waals surface area contributed by atoms with Crippen LogP contribution >= 0.6 is 0 Å². The number of piperidine rings is 1. The highest BCUT2D eigenvalue weighted by atomic mass is 19.1. The maximum atomic E-state index is 13.1. The molecule has 0 aliphatic carbocycles. The van der Waals surface area contributed by atoms with E-state index in [2.05, 4.69) is 10.2 Å². The summed E-state index contributed by atoms with van der Waals surface area (Å²) in [4.78, 5) is 14.3. The Morgan fingerprint density at radius 2 is 2.19 bits per heavy atom. The van der Waals surface area contributed by atoms with Crippen molar-refractivity contribution in [2.24, 2.45) is 5.92 Å². The topological polar surface area (TPSA) is 78.6 Å². The van der Waals surface area contributed by atoms with E-state index in [1.54, 1.807) is 0 Å². The summed E-state index contributed by atoms with van der Waals surface area (Å²) in [7, 11) is 0. The first-order valence-corrected chi connectivity index (χ1v) is 7.22. The number of nitrogens with zero attached hydrogens (tertiary/aromatic N) is 1. The zero-order valence-corrected chi connectivity index (χ0v) is 12.2. The largest absolute Gasteiger partial charge is 0.396 e. The fraction of sp³-hybridized carbons (Fsp3) is 0.533. The molecular weight excluding hydrogens is 273 g/mol. The zero-order valence-electron chi connectivity index (χ0n) is 12.2. The quantitative estimate of drug-likeness (QED) is 0.734. The third kappa shape index (κ3) is 3.92. The molecule has 116 valence electrons. The molecule has 4 N–H and O–H groups in total. The normalized spacial score (nSPS) is 18.4. The molecule has 0 radical (unpaired) electrons. The van der Waals surface area contributed by atoms with E-state index in [1.807, 2.05) is 6.92 Å². The van der Waals surface area contributed by atoms with Crippen LogP contribution in [0.2, 0.25) is 0 Å². The van der Waals surface area contributed by atoms with Crippen molar-refractivity contribution >= 4 is 17.3 Å². The second kappa shape index (κ2) is 6.87. The number of nitrogen functional groups attached to an aromatic ring is 1. The summed E-state index contributed by atoms with van der Waals surface area (Å²) >= 11 is 0. The number of aliphatic hydroxyl groups is 1. The maximum Gasteiger partial charge on any atom is 0.241 e. The number of nitrogens with two attached hydrogens (primary N) is 1. The Morgan fingerprint density at radius 1 is 1.52 bits per heavy atom. The minimum Gasteiger partial charge on any atom is -0.396 e. The van der Waals surface area contributed by atoms with E-state index < -0.39 is 5.82 Å². The highest BCUT2D eigenvalue weighted by Gasteiger charge is 2.26. The lowest BCUT2D eigenvalue weighted by molar-refractivity contribution is -0.121. The van der Waals surface area contributed by atoms with Gasteiger partial charge in [-0.15, -0.1) is 0 Å². The van der Waals surface area contributed by atoms with Crippen LogP contribution in [-0.4, -0.2) is 41.7 Å². The Balaban J connectivity index is 1.92. The molecule has 21 heavy (non-hydrogen) atoms. The van der Waals surface area contributed by atoms with Crippen LogP contribution in [0, 0.1) is 11.7 Å². The number of aliphatic hydroxyl groups excluding tert-OH is 1. The number of carbonyl (C=O) groups excluding carboxylic acids is 1. The summed E-state index contributed by atoms with van der Waals surface area (Å²) in [5, 5.41) is 11.9. The van der Waals surface area contributed by atoms with Gasteiger partial charge in [0, 0.05) is 12.3 Å². The minimum atomic E-state index is -0.493. The van der Waals surface area contributed by atoms with E-state index in [1.165, 1.54) is 18.2 Å². The number of amides is 1. The highest BCUT2D eigenvalue weighted by molar-refractivity contribution is 5.94. The second-order valence-corrected chi connectivity index (χ2v) is 5.56. The summed E-state index contributed by atoms with van der Waals surface area (Å²) in [6.45, 7) is 3.65. The second-order valence-electron chi connectivity index (χ2n) is 5.56. The van der Waals surface area contributed by atoms with Gasteiger partial charge in [0.15, 0.2) is 0 Å². The Morgan fingerprint density at radius 3 is 2.76 bits per heavy atom. The molecule has 1 atom stereocenters. The fourth-order valence-corrected chi connectivity index (χ4v) is 2.56. The van der Waals surface area contributed by atoms with E-state index in [4.69, 9.17) is 10.8 Å². The van der Waals surface area contributed by atoms with E-state index in [0.29, 0.717) is 11.6 Å². The van der Waals surface area contributed by atoms with Gasteiger partial charge in [-0.3, -0.25) is 9.69 Å². The molecule has 1 unspecified atom stereocenters. The van der Waals surface area contributed by atoms with Gasteiger partial charge in [0.05, 0.1) is 11.7 Å². The fourth-order valence-electron chi connectivity index (χ4n) is 2.56. The molecular formula is C15H22FN3O2. The predicted octanol–water partition coefficient (Wildman–Crippen LogP) is 1.44. The first-order valence-electron chi connectivity index (χ1n) is 7.22. The van der Waals surface area contributed by atoms with Crippen molar-refractivity contribution in [3.63, 3.8) is 0 Å². The monoisotopic (exact) mass is 295 g/mol. The zero-order chi connectivity index (χ0) is 15.4. The lowest BCUT2D eigenvalue weighted by atomic mass is 9.97. The molecule has 1 aliphatic rings. The Hall–Kier alpha value is -1.66. The van der Waals surface area contributed by atoms with Gasteiger partial charge >= 0.3 is 0 Å². The van der Waals surface area contributed by atoms with Crippen LogP contribution < -0.4 is 11.1 Å². The average Bonchev–Trinajstić information content (AvgIpc) is 2.50. The minimum absolute atomic E-state index is 0.0178. The number of anilines is 2. The van der Waals surface area contributed by atoms with Crippen molar-refractivity contribution in [1.29, 1.82) is 0 Å². The number of benzene rings is 1. The van der Waals surface area contributed by atoms with Crippen molar-refractivity contribution in [3.05, 3.63) is 24.0 Å². The molecule has 0 saturated carbocycles. The molecule has 0 aromatic heterocycles. The van der Waals surface area contributed by atoms with Gasteiger partial charge in [0.25, 0.3) is 0 Å². The number of hydrogen-bond donors (Lipinski definition) is 3. The van der Waals surface area contributed by atoms with Crippen LogP contribution in [0.15, 0.2) is 18.2 Å². The standard InChI is InChI=1S/C15H22FN3O2/c1-10(19-6-4-11(9-20)5-7-19)15(21)18-12-2-3-13(16)14(17)8-12/h2-3,8,10-11,20H,4-7,9,17H2,1H3,(H,18,21). The van der Waals surface area contributed by atoms with Crippen LogP contribution in [0.1, 0.15) is 19.8 Å². The number of halogens is 1. The van der Waals surface area contributed by atoms with E-state index >= 15 is 0 Å². The lowest BCUT2D eigenvalue weighted by Gasteiger charge is -2.34. The molecule has 1 amide bonds. The van der Waals surface area contributed by atoms with Crippen LogP contribution in [0.5, 0.6) is 0 Å². The first kappa shape index (κ1) is 15.7. The van der Waals surface area contributed by atoms with Crippen LogP contribution in [0.25, 0.3) is 0 Å². The molecule has 1 fully saturated rings. The summed E-state index contributed by atoms with van der Waals surface area (Å²) in [5.74, 6) is -0.288. The molecule has 1 heterocycles. The number of hydrogen-bond acceptors (Lipinski definition) is 4. The first-order chi connectivity index (χ1) is 10.0. The highest BCUT2D eigenvalue weighted by Crippen LogP contribution is 2.20. The van der Waals surface area contributed by atoms with Gasteiger partial charge in [0.1, 0.15) is 5.82 Å². The molecule has 1 aliphatic heterocycles. The SMILES string of the molecule is CC(C(=O)Nc1ccc(F)c(N)c1)N1CCC(CO)CC1. The third-order valence-corrected chi connectivity index (χ3v) is 4.10. The van der Waals surface area contributed by atoms with Crippen molar-refractivity contribution in [3.8, 4) is 0 Å². The Kier molecular flexibility index (Phi) is 5.14. The van der Waals surface area contributed by atoms with Gasteiger partial charge in [-0.1, -0.05) is 0 Å². The van der Waals surface area contributed by atoms with Gasteiger partial charge < -0.3 is 16.2 Å². The molecule has 1 saturated heterocycles. The Bertz CT molecular complexity index is 502. The summed E-state index contributed by atoms with van der Waals surface area (Å²) in [6, 6.07) is 3.88. The molecule has 0 spiro atoms. The molecule has 6 heteroatoms. The van der Waals surface area contributed by atoms with Crippen LogP contribution in [-0.2, 0) is 4.79 Å². The molecule has 2 rings (SSSR count). The van der Waals surface area contributed by atoms with Crippen molar-refractivity contribution in [2.45, 2.75) is 25.8 Å². The van der Waals surface area contributed by atoms with Gasteiger partial charge in [-0.05, 0) is 57.0 Å². The third-order valence-electron chi connectivity index (χ3n) is 4.10. The Labute approximate surface area is 123 Å². The number of rotatable bonds is 4. The van der Waals surface area contributed by atoms with Crippen molar-refractivity contribution < 1.29 is 14.3 Å². The van der Waals surface area contributed by atoms with Crippen molar-refractivity contribution in [1.82, 2.24) is 4.90 Å². The number of likely N-dealkylation sites (tertiary alicyclic amines) is 1. The maximum absolute atomic E-state index is 13.1. The summed E-state index contributed by atoms with van der Waals surface area (Å²) < 4.78 is 13.1. The molecule has 1 aromatic carbocycles. The van der Waals surface area contributed by atoms with E-state index in [0.717, 1.165) is 25.9 Å². The van der Waals surface area contributed by atoms with Gasteiger partial charge in [-0.25, -0.2) is 4.39 Å². The van der Waals surface area contributed by atoms with Crippen LogP contribution in [0.3, 0.4) is 0 Å². The van der Waals surface area contributed by atoms with Gasteiger partial charge in [0.2, 0.25) is 5.91 Å². The van der Waals surface area contributed by atoms with E-state index in [-0.39, 0.29) is 24.2 Å². The average molecular weight is 295 g/mol. The molecule has 0 bridgehead atoms. The number of nitrogens with one attached hydrogen (secondary N) is 1. The lowest BCUT2D eigenvalue weighted by Crippen LogP contribution is -2.46. The van der Waals surface area contributed by atoms with Gasteiger partial charge in [-0.2, -0.15) is 0 Å². The predicted molar refractivity (Wildman–Crippen MR) is 80.3 cm³/mol. The molecule has 5 nitrogen and oxygen atoms in total. The smallest absolute Gasteiger partial charge is 0.241 e. The van der Waals surface area contributed by atoms with Crippen molar-refractivity contribution in [2.75, 3.05) is 30.7 Å². The van der Waals surface area contributed by atoms with Crippen LogP contribution in [0.4, 0.5) is 15.8 Å². The molecule has 1 aromatic rings. The van der Waals surface area contributed by atoms with E-state index in [9.17, 15) is 9.18 Å². The summed E-state index contributed by atoms with van der Waals surface area (Å²) in [6.07, 6.45) is 1.80.